The van der Waals surface area contributed by atoms with Gasteiger partial charge in [-0.25, -0.2) is 4.79 Å². The van der Waals surface area contributed by atoms with E-state index < -0.39 is 12.1 Å². The molecule has 2 aliphatic heterocycles. The molecule has 0 spiro atoms. The molecule has 4 amide bonds. The molecule has 34 heavy (non-hydrogen) atoms. The fraction of sp³-hybridized carbons (Fsp3) is 0.423. The Bertz CT molecular complexity index is 1140. The van der Waals surface area contributed by atoms with E-state index in [0.29, 0.717) is 23.6 Å². The number of aryl methyl sites for hydroxylation is 2. The van der Waals surface area contributed by atoms with Gasteiger partial charge in [-0.1, -0.05) is 37.6 Å². The summed E-state index contributed by atoms with van der Waals surface area (Å²) >= 11 is 0. The van der Waals surface area contributed by atoms with Crippen LogP contribution in [0.25, 0.3) is 0 Å². The zero-order valence-corrected chi connectivity index (χ0v) is 20.3. The molecule has 0 aliphatic carbocycles. The van der Waals surface area contributed by atoms with Crippen LogP contribution in [0.3, 0.4) is 0 Å². The number of benzene rings is 1. The largest absolute Gasteiger partial charge is 0.467 e. The van der Waals surface area contributed by atoms with Crippen LogP contribution in [-0.2, 0) is 16.1 Å². The number of amides is 4. The Hall–Kier alpha value is -3.55. The molecule has 1 aromatic heterocycles. The van der Waals surface area contributed by atoms with Gasteiger partial charge >= 0.3 is 6.03 Å². The van der Waals surface area contributed by atoms with Crippen molar-refractivity contribution in [2.75, 3.05) is 13.1 Å². The number of hydrogen-bond donors (Lipinski definition) is 2. The number of carbonyl (C=O) groups is 3. The summed E-state index contributed by atoms with van der Waals surface area (Å²) in [5.41, 5.74) is 4.22. The third-order valence-electron chi connectivity index (χ3n) is 6.56. The number of nitrogens with zero attached hydrogens (tertiary/aromatic N) is 2. The second kappa shape index (κ2) is 9.37. The van der Waals surface area contributed by atoms with Crippen LogP contribution in [0.2, 0.25) is 0 Å². The predicted molar refractivity (Wildman–Crippen MR) is 127 cm³/mol. The van der Waals surface area contributed by atoms with E-state index >= 15 is 0 Å². The first-order chi connectivity index (χ1) is 16.2. The van der Waals surface area contributed by atoms with Crippen LogP contribution in [0, 0.1) is 19.8 Å². The smallest absolute Gasteiger partial charge is 0.322 e. The average molecular weight is 465 g/mol. The van der Waals surface area contributed by atoms with Crippen molar-refractivity contribution >= 4 is 17.8 Å². The summed E-state index contributed by atoms with van der Waals surface area (Å²) in [6.45, 7) is 10.6. The fourth-order valence-electron chi connectivity index (χ4n) is 4.95. The Labute approximate surface area is 200 Å². The lowest BCUT2D eigenvalue weighted by Gasteiger charge is -2.33. The molecule has 2 aliphatic rings. The summed E-state index contributed by atoms with van der Waals surface area (Å²) in [5, 5.41) is 5.92. The van der Waals surface area contributed by atoms with Gasteiger partial charge in [0.2, 0.25) is 5.91 Å². The van der Waals surface area contributed by atoms with Gasteiger partial charge in [0.15, 0.2) is 0 Å². The second-order valence-corrected chi connectivity index (χ2v) is 9.27. The molecular formula is C26H32N4O4. The number of urea groups is 1. The summed E-state index contributed by atoms with van der Waals surface area (Å²) in [7, 11) is 0. The van der Waals surface area contributed by atoms with Crippen LogP contribution < -0.4 is 10.6 Å². The van der Waals surface area contributed by atoms with Gasteiger partial charge in [-0.15, -0.1) is 0 Å². The third kappa shape index (κ3) is 4.20. The molecule has 0 unspecified atom stereocenters. The van der Waals surface area contributed by atoms with Crippen LogP contribution >= 0.6 is 0 Å². The molecule has 0 radical (unpaired) electrons. The highest BCUT2D eigenvalue weighted by Crippen LogP contribution is 2.38. The molecule has 0 fully saturated rings. The number of hydrogen-bond acceptors (Lipinski definition) is 4. The molecule has 1 aromatic carbocycles. The third-order valence-corrected chi connectivity index (χ3v) is 6.56. The van der Waals surface area contributed by atoms with Crippen molar-refractivity contribution < 1.29 is 18.8 Å². The lowest BCUT2D eigenvalue weighted by atomic mass is 9.91. The Morgan fingerprint density at radius 3 is 2.62 bits per heavy atom. The van der Waals surface area contributed by atoms with E-state index in [4.69, 9.17) is 4.42 Å². The van der Waals surface area contributed by atoms with E-state index in [1.807, 2.05) is 52.8 Å². The highest BCUT2D eigenvalue weighted by molar-refractivity contribution is 6.03. The molecule has 8 nitrogen and oxygen atoms in total. The molecule has 0 saturated heterocycles. The van der Waals surface area contributed by atoms with Gasteiger partial charge in [0.1, 0.15) is 11.8 Å². The normalized spacial score (nSPS) is 18.9. The van der Waals surface area contributed by atoms with Gasteiger partial charge in [0.25, 0.3) is 5.91 Å². The van der Waals surface area contributed by atoms with Crippen molar-refractivity contribution in [3.8, 4) is 0 Å². The van der Waals surface area contributed by atoms with E-state index in [1.165, 1.54) is 0 Å². The maximum absolute atomic E-state index is 13.8. The quantitative estimate of drug-likeness (QED) is 0.656. The summed E-state index contributed by atoms with van der Waals surface area (Å²) in [6, 6.07) is 8.08. The van der Waals surface area contributed by atoms with Gasteiger partial charge in [-0.3, -0.25) is 14.5 Å². The zero-order chi connectivity index (χ0) is 24.6. The van der Waals surface area contributed by atoms with E-state index in [2.05, 4.69) is 10.6 Å². The van der Waals surface area contributed by atoms with Gasteiger partial charge in [-0.05, 0) is 49.9 Å². The number of nitrogens with one attached hydrogen (secondary N) is 2. The van der Waals surface area contributed by atoms with Crippen molar-refractivity contribution in [1.82, 2.24) is 20.4 Å². The summed E-state index contributed by atoms with van der Waals surface area (Å²) in [5.74, 6) is 0.0540. The molecule has 0 bridgehead atoms. The molecule has 8 heteroatoms. The van der Waals surface area contributed by atoms with E-state index in [-0.39, 0.29) is 36.9 Å². The highest BCUT2D eigenvalue weighted by Gasteiger charge is 2.47. The van der Waals surface area contributed by atoms with Gasteiger partial charge < -0.3 is 20.0 Å². The molecule has 0 saturated carbocycles. The van der Waals surface area contributed by atoms with Gasteiger partial charge in [0.05, 0.1) is 36.7 Å². The summed E-state index contributed by atoms with van der Waals surface area (Å²) in [6.07, 6.45) is 1.56. The first-order valence-electron chi connectivity index (χ1n) is 11.7. The predicted octanol–water partition coefficient (Wildman–Crippen LogP) is 3.42. The first kappa shape index (κ1) is 23.6. The molecule has 180 valence electrons. The first-order valence-corrected chi connectivity index (χ1v) is 11.7. The molecule has 2 atom stereocenters. The Morgan fingerprint density at radius 1 is 1.24 bits per heavy atom. The minimum absolute atomic E-state index is 0.125. The van der Waals surface area contributed by atoms with Crippen LogP contribution in [0.15, 0.2) is 52.3 Å². The number of likely N-dealkylation sites (N-methyl/N-ethyl adjacent to an activating group) is 1. The summed E-state index contributed by atoms with van der Waals surface area (Å²) < 4.78 is 5.32. The van der Waals surface area contributed by atoms with Crippen molar-refractivity contribution in [1.29, 1.82) is 0 Å². The average Bonchev–Trinajstić information content (AvgIpc) is 3.41. The fourth-order valence-corrected chi connectivity index (χ4v) is 4.95. The topological polar surface area (TPSA) is 94.9 Å². The Balaban J connectivity index is 1.66. The Morgan fingerprint density at radius 2 is 2.00 bits per heavy atom. The van der Waals surface area contributed by atoms with Crippen LogP contribution in [0.4, 0.5) is 4.79 Å². The highest BCUT2D eigenvalue weighted by atomic mass is 16.3. The van der Waals surface area contributed by atoms with Crippen LogP contribution in [0.5, 0.6) is 0 Å². The van der Waals surface area contributed by atoms with Crippen LogP contribution in [-0.4, -0.2) is 46.8 Å². The number of furan rings is 1. The summed E-state index contributed by atoms with van der Waals surface area (Å²) in [4.78, 5) is 43.2. The van der Waals surface area contributed by atoms with Gasteiger partial charge in [0, 0.05) is 6.54 Å². The molecule has 4 rings (SSSR count). The molecular weight excluding hydrogens is 432 g/mol. The number of rotatable bonds is 7. The van der Waals surface area contributed by atoms with E-state index in [0.717, 1.165) is 16.7 Å². The molecule has 3 heterocycles. The monoisotopic (exact) mass is 464 g/mol. The minimum Gasteiger partial charge on any atom is -0.467 e. The molecule has 2 aromatic rings. The molecule has 2 N–H and O–H groups in total. The van der Waals surface area contributed by atoms with Crippen LogP contribution in [0.1, 0.15) is 49.3 Å². The SMILES string of the molecule is CCN1C(=O)N[C@H](c2ccc(C)cc2C)C2=C1CN([C@H](C(=O)NCc1ccco1)C(C)C)C2=O. The second-order valence-electron chi connectivity index (χ2n) is 9.27. The Kier molecular flexibility index (Phi) is 6.50. The van der Waals surface area contributed by atoms with Crippen molar-refractivity contribution in [3.05, 3.63) is 70.3 Å². The lowest BCUT2D eigenvalue weighted by Crippen LogP contribution is -2.51. The zero-order valence-electron chi connectivity index (χ0n) is 20.3. The van der Waals surface area contributed by atoms with Crippen molar-refractivity contribution in [2.45, 2.75) is 53.2 Å². The maximum atomic E-state index is 13.8. The minimum atomic E-state index is -0.679. The standard InChI is InChI=1S/C26H32N4O4/c1-6-29-20-14-30(23(15(2)3)24(31)27-13-18-8-7-11-34-18)25(32)21(20)22(28-26(29)33)19-10-9-16(4)12-17(19)5/h7-12,15,22-23H,6,13-14H2,1-5H3,(H,27,31)(H,28,33)/t22-,23+/m1/s1. The van der Waals surface area contributed by atoms with Crippen molar-refractivity contribution in [2.24, 2.45) is 5.92 Å². The van der Waals surface area contributed by atoms with E-state index in [1.54, 1.807) is 28.2 Å². The van der Waals surface area contributed by atoms with E-state index in [9.17, 15) is 14.4 Å². The van der Waals surface area contributed by atoms with Crippen molar-refractivity contribution in [3.63, 3.8) is 0 Å². The van der Waals surface area contributed by atoms with Gasteiger partial charge in [-0.2, -0.15) is 0 Å². The lowest BCUT2D eigenvalue weighted by molar-refractivity contribution is -0.138. The maximum Gasteiger partial charge on any atom is 0.322 e. The number of carbonyl (C=O) groups excluding carboxylic acids is 3.